The topological polar surface area (TPSA) is 157 Å². The molecule has 12 nitrogen and oxygen atoms in total. The molecule has 12 heteroatoms. The maximum absolute atomic E-state index is 12.8. The van der Waals surface area contributed by atoms with Gasteiger partial charge in [0.25, 0.3) is 6.47 Å². The molecule has 0 bridgehead atoms. The molecule has 262 valence electrons. The number of nitrogens with zero attached hydrogens (tertiary/aromatic N) is 2. The number of carbonyl (C=O) groups excluding carboxylic acids is 5. The molecule has 0 amide bonds. The van der Waals surface area contributed by atoms with Crippen molar-refractivity contribution in [3.8, 4) is 23.0 Å². The molecule has 0 atom stereocenters. The van der Waals surface area contributed by atoms with Crippen LogP contribution in [0, 0.1) is 0 Å². The number of allylic oxidation sites excluding steroid dienone is 4. The molecule has 0 N–H and O–H groups in total. The second-order valence-electron chi connectivity index (χ2n) is 11.1. The fraction of sp³-hybridized carbons (Fsp3) is 0.205. The first-order chi connectivity index (χ1) is 24.6. The average molecular weight is 693 g/mol. The van der Waals surface area contributed by atoms with Gasteiger partial charge in [-0.15, -0.1) is 0 Å². The van der Waals surface area contributed by atoms with Crippen molar-refractivity contribution >= 4 is 29.6 Å². The summed E-state index contributed by atoms with van der Waals surface area (Å²) in [5.41, 5.74) is 4.25. The average Bonchev–Trinajstić information content (AvgIpc) is 3.17. The van der Waals surface area contributed by atoms with Crippen LogP contribution in [0.2, 0.25) is 0 Å². The zero-order valence-corrected chi connectivity index (χ0v) is 29.0. The maximum atomic E-state index is 12.8. The van der Waals surface area contributed by atoms with Gasteiger partial charge >= 0.3 is 0 Å². The van der Waals surface area contributed by atoms with E-state index in [1.807, 2.05) is 12.1 Å². The Morgan fingerprint density at radius 1 is 0.667 bits per heavy atom. The highest BCUT2D eigenvalue weighted by Gasteiger charge is 2.31. The first kappa shape index (κ1) is 37.4. The molecule has 2 aromatic heterocycles. The van der Waals surface area contributed by atoms with E-state index < -0.39 is 0 Å². The van der Waals surface area contributed by atoms with Gasteiger partial charge < -0.3 is 23.7 Å². The van der Waals surface area contributed by atoms with E-state index in [1.54, 1.807) is 90.8 Å². The molecular weight excluding hydrogens is 656 g/mol. The first-order valence-electron chi connectivity index (χ1n) is 15.5. The second kappa shape index (κ2) is 17.3. The normalized spacial score (nSPS) is 12.9. The van der Waals surface area contributed by atoms with Crippen molar-refractivity contribution in [2.24, 2.45) is 0 Å². The summed E-state index contributed by atoms with van der Waals surface area (Å²) < 4.78 is 25.3. The number of methoxy groups -OCH3 is 4. The lowest BCUT2D eigenvalue weighted by Gasteiger charge is -2.18. The van der Waals surface area contributed by atoms with Gasteiger partial charge in [0.1, 0.15) is 41.0 Å². The van der Waals surface area contributed by atoms with Crippen molar-refractivity contribution < 1.29 is 47.7 Å². The van der Waals surface area contributed by atoms with E-state index in [9.17, 15) is 24.0 Å². The van der Waals surface area contributed by atoms with Crippen molar-refractivity contribution in [1.82, 2.24) is 9.97 Å². The van der Waals surface area contributed by atoms with Crippen molar-refractivity contribution in [1.29, 1.82) is 0 Å². The maximum Gasteiger partial charge on any atom is 0.293 e. The minimum absolute atomic E-state index is 0.139. The SMILES string of the molecule is CC1=CC(=O)c2cccnc2C1=O.COc1cc(CC2=C(C)C(=O)c3ncccc3C2=O)cc(OC)c1.COc1ccc(OC)c(COC=O)c1. The van der Waals surface area contributed by atoms with E-state index in [1.165, 1.54) is 18.5 Å². The molecule has 2 aliphatic carbocycles. The molecule has 51 heavy (non-hydrogen) atoms. The largest absolute Gasteiger partial charge is 0.497 e. The number of pyridine rings is 2. The predicted octanol–water partition coefficient (Wildman–Crippen LogP) is 5.82. The fourth-order valence-electron chi connectivity index (χ4n) is 5.23. The van der Waals surface area contributed by atoms with Crippen LogP contribution >= 0.6 is 0 Å². The zero-order chi connectivity index (χ0) is 37.1. The highest BCUT2D eigenvalue weighted by Crippen LogP contribution is 2.30. The first-order valence-corrected chi connectivity index (χ1v) is 15.5. The van der Waals surface area contributed by atoms with E-state index in [4.69, 9.17) is 18.9 Å². The van der Waals surface area contributed by atoms with Gasteiger partial charge in [-0.1, -0.05) is 0 Å². The summed E-state index contributed by atoms with van der Waals surface area (Å²) in [4.78, 5) is 66.1. The Balaban J connectivity index is 0.000000185. The molecule has 4 aromatic rings. The van der Waals surface area contributed by atoms with E-state index >= 15 is 0 Å². The van der Waals surface area contributed by atoms with Crippen LogP contribution < -0.4 is 18.9 Å². The third-order valence-electron chi connectivity index (χ3n) is 7.92. The van der Waals surface area contributed by atoms with Crippen LogP contribution in [0.5, 0.6) is 23.0 Å². The number of fused-ring (bicyclic) bond motifs is 2. The van der Waals surface area contributed by atoms with Gasteiger partial charge in [-0.3, -0.25) is 33.9 Å². The molecular formula is C39H36N2O10. The number of ether oxygens (including phenoxy) is 5. The summed E-state index contributed by atoms with van der Waals surface area (Å²) in [6, 6.07) is 17.3. The Labute approximate surface area is 294 Å². The number of rotatable bonds is 9. The zero-order valence-electron chi connectivity index (χ0n) is 29.0. The number of ketones is 4. The Bertz CT molecular complexity index is 2030. The van der Waals surface area contributed by atoms with Gasteiger partial charge in [-0.2, -0.15) is 0 Å². The van der Waals surface area contributed by atoms with Gasteiger partial charge in [0.05, 0.1) is 39.6 Å². The third-order valence-corrected chi connectivity index (χ3v) is 7.92. The van der Waals surface area contributed by atoms with Crippen molar-refractivity contribution in [3.63, 3.8) is 0 Å². The van der Waals surface area contributed by atoms with Crippen LogP contribution in [0.1, 0.15) is 66.7 Å². The highest BCUT2D eigenvalue weighted by molar-refractivity contribution is 6.26. The van der Waals surface area contributed by atoms with Gasteiger partial charge in [0.2, 0.25) is 11.6 Å². The molecule has 2 heterocycles. The Morgan fingerprint density at radius 3 is 1.86 bits per heavy atom. The van der Waals surface area contributed by atoms with Crippen molar-refractivity contribution in [2.45, 2.75) is 26.9 Å². The molecule has 2 aromatic carbocycles. The van der Waals surface area contributed by atoms with E-state index in [0.717, 1.165) is 11.1 Å². The molecule has 0 radical (unpaired) electrons. The molecule has 0 aliphatic heterocycles. The quantitative estimate of drug-likeness (QED) is 0.194. The Kier molecular flexibility index (Phi) is 12.7. The lowest BCUT2D eigenvalue weighted by atomic mass is 9.84. The molecule has 0 fully saturated rings. The van der Waals surface area contributed by atoms with Crippen LogP contribution in [0.15, 0.2) is 95.9 Å². The number of hydrogen-bond acceptors (Lipinski definition) is 12. The number of benzene rings is 2. The molecule has 6 rings (SSSR count). The number of aromatic nitrogens is 2. The van der Waals surface area contributed by atoms with Crippen LogP contribution in [0.25, 0.3) is 0 Å². The van der Waals surface area contributed by atoms with Gasteiger partial charge in [-0.05, 0) is 80.1 Å². The summed E-state index contributed by atoms with van der Waals surface area (Å²) in [5.74, 6) is 2.00. The van der Waals surface area contributed by atoms with E-state index in [2.05, 4.69) is 14.7 Å². The smallest absolute Gasteiger partial charge is 0.293 e. The van der Waals surface area contributed by atoms with E-state index in [-0.39, 0.29) is 41.1 Å². The second-order valence-corrected chi connectivity index (χ2v) is 11.1. The molecule has 0 unspecified atom stereocenters. The molecule has 0 saturated carbocycles. The lowest BCUT2D eigenvalue weighted by molar-refractivity contribution is -0.129. The van der Waals surface area contributed by atoms with Crippen LogP contribution in [0.4, 0.5) is 0 Å². The Morgan fingerprint density at radius 2 is 1.27 bits per heavy atom. The number of hydrogen-bond donors (Lipinski definition) is 0. The lowest BCUT2D eigenvalue weighted by Crippen LogP contribution is -2.23. The molecule has 2 aliphatic rings. The van der Waals surface area contributed by atoms with Gasteiger partial charge in [0.15, 0.2) is 11.6 Å². The van der Waals surface area contributed by atoms with Crippen LogP contribution in [0.3, 0.4) is 0 Å². The summed E-state index contributed by atoms with van der Waals surface area (Å²) in [7, 11) is 6.28. The summed E-state index contributed by atoms with van der Waals surface area (Å²) >= 11 is 0. The van der Waals surface area contributed by atoms with Crippen LogP contribution in [-0.2, 0) is 22.6 Å². The number of carbonyl (C=O) groups is 5. The Hall–Kier alpha value is -6.43. The molecule has 0 saturated heterocycles. The predicted molar refractivity (Wildman–Crippen MR) is 186 cm³/mol. The molecule has 0 spiro atoms. The monoisotopic (exact) mass is 692 g/mol. The standard InChI is InChI=1S/C19H17NO4.C10H7NO2.C10H12O4/c1-11-16(9-12-7-13(23-2)10-14(8-12)24-3)19(22)15-5-4-6-20-17(15)18(11)21;1-6-5-8(12)7-3-2-4-11-9(7)10(6)13;1-12-9-3-4-10(13-2)8(5-9)6-14-7-11/h4-8,10H,9H2,1-3H3;2-5H,1H3;3-5,7H,6H2,1-2H3. The van der Waals surface area contributed by atoms with Crippen LogP contribution in [-0.4, -0.2) is 68.0 Å². The van der Waals surface area contributed by atoms with Crippen molar-refractivity contribution in [2.75, 3.05) is 28.4 Å². The minimum Gasteiger partial charge on any atom is -0.497 e. The van der Waals surface area contributed by atoms with Crippen molar-refractivity contribution in [3.05, 3.63) is 129 Å². The number of Topliss-reactive ketones (excluding diaryl/α,β-unsaturated/α-hetero) is 3. The summed E-state index contributed by atoms with van der Waals surface area (Å²) in [5, 5.41) is 0. The fourth-order valence-corrected chi connectivity index (χ4v) is 5.23. The minimum atomic E-state index is -0.199. The summed E-state index contributed by atoms with van der Waals surface area (Å²) in [6.07, 6.45) is 4.72. The highest BCUT2D eigenvalue weighted by atomic mass is 16.5. The summed E-state index contributed by atoms with van der Waals surface area (Å²) in [6.45, 7) is 3.88. The van der Waals surface area contributed by atoms with E-state index in [0.29, 0.717) is 63.7 Å². The van der Waals surface area contributed by atoms with Gasteiger partial charge in [0, 0.05) is 47.2 Å². The third kappa shape index (κ3) is 8.79. The van der Waals surface area contributed by atoms with Gasteiger partial charge in [-0.25, -0.2) is 0 Å².